The molecule has 0 aliphatic carbocycles. The standard InChI is InChI=1S/C15H17F3N2OS/c1-10-19-7-13(22-10)8-20(2)9-14(21)11-4-3-5-12(6-11)15(16,17)18/h3-7,14,21H,8-9H2,1-2H3/t14-/m1/s1. The van der Waals surface area contributed by atoms with Gasteiger partial charge < -0.3 is 5.11 Å². The highest BCUT2D eigenvalue weighted by Crippen LogP contribution is 2.31. The number of aromatic nitrogens is 1. The van der Waals surface area contributed by atoms with E-state index >= 15 is 0 Å². The first-order chi connectivity index (χ1) is 10.3. The van der Waals surface area contributed by atoms with E-state index in [4.69, 9.17) is 0 Å². The zero-order valence-electron chi connectivity index (χ0n) is 12.3. The summed E-state index contributed by atoms with van der Waals surface area (Å²) in [5, 5.41) is 11.1. The quantitative estimate of drug-likeness (QED) is 0.909. The third kappa shape index (κ3) is 4.53. The highest BCUT2D eigenvalue weighted by Gasteiger charge is 2.30. The van der Waals surface area contributed by atoms with Crippen LogP contribution < -0.4 is 0 Å². The van der Waals surface area contributed by atoms with Gasteiger partial charge in [-0.25, -0.2) is 4.98 Å². The Bertz CT molecular complexity index is 627. The summed E-state index contributed by atoms with van der Waals surface area (Å²) in [5.74, 6) is 0. The van der Waals surface area contributed by atoms with Crippen LogP contribution in [0.15, 0.2) is 30.5 Å². The highest BCUT2D eigenvalue weighted by molar-refractivity contribution is 7.11. The van der Waals surface area contributed by atoms with E-state index in [0.29, 0.717) is 6.54 Å². The minimum Gasteiger partial charge on any atom is -0.387 e. The molecule has 3 nitrogen and oxygen atoms in total. The maximum absolute atomic E-state index is 12.7. The van der Waals surface area contributed by atoms with E-state index in [1.54, 1.807) is 17.5 Å². The number of rotatable bonds is 5. The Labute approximate surface area is 131 Å². The van der Waals surface area contributed by atoms with Crippen molar-refractivity contribution in [1.82, 2.24) is 9.88 Å². The normalized spacial score (nSPS) is 13.6. The molecule has 1 atom stereocenters. The number of aryl methyl sites for hydroxylation is 1. The van der Waals surface area contributed by atoms with Crippen molar-refractivity contribution in [3.8, 4) is 0 Å². The van der Waals surface area contributed by atoms with Crippen LogP contribution in [-0.2, 0) is 12.7 Å². The molecule has 1 aromatic heterocycles. The Balaban J connectivity index is 2.01. The minimum atomic E-state index is -4.40. The van der Waals surface area contributed by atoms with Crippen LogP contribution in [0.25, 0.3) is 0 Å². The van der Waals surface area contributed by atoms with Gasteiger partial charge in [-0.2, -0.15) is 13.2 Å². The lowest BCUT2D eigenvalue weighted by Gasteiger charge is -2.20. The van der Waals surface area contributed by atoms with Crippen LogP contribution in [-0.4, -0.2) is 28.6 Å². The molecule has 2 aromatic rings. The predicted octanol–water partition coefficient (Wildman–Crippen LogP) is 3.64. The summed E-state index contributed by atoms with van der Waals surface area (Å²) in [6.45, 7) is 2.76. The summed E-state index contributed by atoms with van der Waals surface area (Å²) in [6.07, 6.45) is -3.60. The molecule has 0 unspecified atom stereocenters. The third-order valence-electron chi connectivity index (χ3n) is 3.18. The van der Waals surface area contributed by atoms with Gasteiger partial charge in [0.1, 0.15) is 0 Å². The van der Waals surface area contributed by atoms with Crippen molar-refractivity contribution in [3.05, 3.63) is 51.5 Å². The zero-order chi connectivity index (χ0) is 16.3. The second kappa shape index (κ2) is 6.76. The molecular formula is C15H17F3N2OS. The maximum Gasteiger partial charge on any atom is 0.416 e. The summed E-state index contributed by atoms with van der Waals surface area (Å²) >= 11 is 1.56. The van der Waals surface area contributed by atoms with Crippen molar-refractivity contribution in [1.29, 1.82) is 0 Å². The summed E-state index contributed by atoms with van der Waals surface area (Å²) < 4.78 is 38.1. The van der Waals surface area contributed by atoms with Gasteiger partial charge in [-0.3, -0.25) is 4.90 Å². The van der Waals surface area contributed by atoms with Crippen LogP contribution in [0.1, 0.15) is 27.1 Å². The largest absolute Gasteiger partial charge is 0.416 e. The number of hydrogen-bond acceptors (Lipinski definition) is 4. The third-order valence-corrected chi connectivity index (χ3v) is 4.08. The van der Waals surface area contributed by atoms with Gasteiger partial charge in [0.25, 0.3) is 0 Å². The van der Waals surface area contributed by atoms with E-state index in [2.05, 4.69) is 4.98 Å². The SMILES string of the molecule is Cc1ncc(CN(C)C[C@@H](O)c2cccc(C(F)(F)F)c2)s1. The molecule has 0 bridgehead atoms. The first-order valence-electron chi connectivity index (χ1n) is 6.71. The van der Waals surface area contributed by atoms with E-state index in [1.165, 1.54) is 12.1 Å². The van der Waals surface area contributed by atoms with E-state index in [1.807, 2.05) is 18.9 Å². The van der Waals surface area contributed by atoms with E-state index in [-0.39, 0.29) is 12.1 Å². The maximum atomic E-state index is 12.7. The van der Waals surface area contributed by atoms with Gasteiger partial charge in [-0.05, 0) is 31.7 Å². The lowest BCUT2D eigenvalue weighted by molar-refractivity contribution is -0.137. The van der Waals surface area contributed by atoms with Crippen LogP contribution in [0.3, 0.4) is 0 Å². The molecule has 0 aliphatic heterocycles. The van der Waals surface area contributed by atoms with E-state index in [0.717, 1.165) is 22.0 Å². The van der Waals surface area contributed by atoms with Crippen molar-refractivity contribution in [2.24, 2.45) is 0 Å². The zero-order valence-corrected chi connectivity index (χ0v) is 13.1. The van der Waals surface area contributed by atoms with Crippen LogP contribution in [0.4, 0.5) is 13.2 Å². The van der Waals surface area contributed by atoms with Crippen LogP contribution in [0.2, 0.25) is 0 Å². The summed E-state index contributed by atoms with van der Waals surface area (Å²) in [4.78, 5) is 7.06. The molecule has 0 fully saturated rings. The molecule has 0 saturated heterocycles. The fraction of sp³-hybridized carbons (Fsp3) is 0.400. The fourth-order valence-corrected chi connectivity index (χ4v) is 3.01. The van der Waals surface area contributed by atoms with Crippen molar-refractivity contribution < 1.29 is 18.3 Å². The number of thiazole rings is 1. The minimum absolute atomic E-state index is 0.248. The number of likely N-dealkylation sites (N-methyl/N-ethyl adjacent to an activating group) is 1. The number of benzene rings is 1. The number of nitrogens with zero attached hydrogens (tertiary/aromatic N) is 2. The average Bonchev–Trinajstić information content (AvgIpc) is 2.83. The highest BCUT2D eigenvalue weighted by atomic mass is 32.1. The Morgan fingerprint density at radius 2 is 2.09 bits per heavy atom. The summed E-state index contributed by atoms with van der Waals surface area (Å²) in [5.41, 5.74) is -0.480. The van der Waals surface area contributed by atoms with Gasteiger partial charge in [-0.15, -0.1) is 11.3 Å². The van der Waals surface area contributed by atoms with Crippen molar-refractivity contribution >= 4 is 11.3 Å². The molecule has 0 aliphatic rings. The number of aliphatic hydroxyl groups is 1. The van der Waals surface area contributed by atoms with Gasteiger partial charge in [-0.1, -0.05) is 12.1 Å². The first-order valence-corrected chi connectivity index (χ1v) is 7.52. The topological polar surface area (TPSA) is 36.4 Å². The number of aliphatic hydroxyl groups excluding tert-OH is 1. The molecule has 0 saturated carbocycles. The molecule has 22 heavy (non-hydrogen) atoms. The van der Waals surface area contributed by atoms with Gasteiger partial charge in [0.2, 0.25) is 0 Å². The lowest BCUT2D eigenvalue weighted by Crippen LogP contribution is -2.24. The Morgan fingerprint density at radius 3 is 2.68 bits per heavy atom. The van der Waals surface area contributed by atoms with Gasteiger partial charge >= 0.3 is 6.18 Å². The second-order valence-electron chi connectivity index (χ2n) is 5.18. The first kappa shape index (κ1) is 16.9. The molecule has 0 amide bonds. The van der Waals surface area contributed by atoms with Crippen LogP contribution in [0.5, 0.6) is 0 Å². The molecule has 0 spiro atoms. The van der Waals surface area contributed by atoms with Gasteiger partial charge in [0.15, 0.2) is 0 Å². The predicted molar refractivity (Wildman–Crippen MR) is 79.6 cm³/mol. The fourth-order valence-electron chi connectivity index (χ4n) is 2.13. The molecule has 1 heterocycles. The summed E-state index contributed by atoms with van der Waals surface area (Å²) in [7, 11) is 1.81. The van der Waals surface area contributed by atoms with E-state index in [9.17, 15) is 18.3 Å². The second-order valence-corrected chi connectivity index (χ2v) is 6.50. The monoisotopic (exact) mass is 330 g/mol. The number of alkyl halides is 3. The van der Waals surface area contributed by atoms with Crippen LogP contribution >= 0.6 is 11.3 Å². The smallest absolute Gasteiger partial charge is 0.387 e. The lowest BCUT2D eigenvalue weighted by atomic mass is 10.1. The summed E-state index contributed by atoms with van der Waals surface area (Å²) in [6, 6.07) is 4.81. The molecule has 120 valence electrons. The van der Waals surface area contributed by atoms with Crippen molar-refractivity contribution in [2.75, 3.05) is 13.6 Å². The molecule has 2 rings (SSSR count). The Hall–Kier alpha value is -1.44. The average molecular weight is 330 g/mol. The number of halogens is 3. The number of hydrogen-bond donors (Lipinski definition) is 1. The Kier molecular flexibility index (Phi) is 5.20. The van der Waals surface area contributed by atoms with Gasteiger partial charge in [0.05, 0.1) is 16.7 Å². The van der Waals surface area contributed by atoms with Crippen molar-refractivity contribution in [2.45, 2.75) is 25.7 Å². The molecule has 1 aromatic carbocycles. The van der Waals surface area contributed by atoms with Gasteiger partial charge in [0, 0.05) is 24.2 Å². The molecule has 0 radical (unpaired) electrons. The van der Waals surface area contributed by atoms with E-state index < -0.39 is 17.8 Å². The molecule has 1 N–H and O–H groups in total. The Morgan fingerprint density at radius 1 is 1.36 bits per heavy atom. The van der Waals surface area contributed by atoms with Crippen LogP contribution in [0, 0.1) is 6.92 Å². The molecular weight excluding hydrogens is 313 g/mol. The van der Waals surface area contributed by atoms with Crippen molar-refractivity contribution in [3.63, 3.8) is 0 Å². The molecule has 7 heteroatoms.